The van der Waals surface area contributed by atoms with Crippen molar-refractivity contribution in [2.45, 2.75) is 38.1 Å². The summed E-state index contributed by atoms with van der Waals surface area (Å²) in [5.41, 5.74) is 1.34. The van der Waals surface area contributed by atoms with Crippen LogP contribution < -0.4 is 9.80 Å². The Hall–Kier alpha value is -1.03. The Morgan fingerprint density at radius 2 is 2.28 bits per heavy atom. The normalized spacial score (nSPS) is 26.8. The molecule has 1 aromatic rings. The number of hydrogen-bond acceptors (Lipinski definition) is 4. The number of piperidine rings is 1. The van der Waals surface area contributed by atoms with Crippen molar-refractivity contribution in [3.8, 4) is 0 Å². The standard InChI is InChI=1S/C13H19ClN4/c1-3-13-6-4-5-7-18(13)11-10(17(2)9-13)8-15-12(14)16-11/h8H,3-7,9H2,1-2H3. The molecule has 1 unspecified atom stereocenters. The third-order valence-electron chi connectivity index (χ3n) is 4.42. The molecule has 2 aliphatic rings. The number of anilines is 2. The number of fused-ring (bicyclic) bond motifs is 3. The largest absolute Gasteiger partial charge is 0.368 e. The van der Waals surface area contributed by atoms with Gasteiger partial charge in [-0.25, -0.2) is 4.98 Å². The molecule has 4 nitrogen and oxygen atoms in total. The minimum atomic E-state index is 0.234. The highest BCUT2D eigenvalue weighted by Gasteiger charge is 2.43. The smallest absolute Gasteiger partial charge is 0.224 e. The summed E-state index contributed by atoms with van der Waals surface area (Å²) in [5.74, 6) is 1.02. The van der Waals surface area contributed by atoms with E-state index in [4.69, 9.17) is 11.6 Å². The first-order valence-electron chi connectivity index (χ1n) is 6.67. The van der Waals surface area contributed by atoms with Gasteiger partial charge in [-0.2, -0.15) is 4.98 Å². The zero-order valence-corrected chi connectivity index (χ0v) is 11.7. The Bertz CT molecular complexity index is 464. The minimum Gasteiger partial charge on any atom is -0.368 e. The van der Waals surface area contributed by atoms with Crippen LogP contribution in [-0.2, 0) is 0 Å². The van der Waals surface area contributed by atoms with Crippen molar-refractivity contribution >= 4 is 23.1 Å². The van der Waals surface area contributed by atoms with Gasteiger partial charge in [0.2, 0.25) is 5.28 Å². The fraction of sp³-hybridized carbons (Fsp3) is 0.692. The van der Waals surface area contributed by atoms with E-state index in [1.54, 1.807) is 0 Å². The number of likely N-dealkylation sites (N-methyl/N-ethyl adjacent to an activating group) is 1. The van der Waals surface area contributed by atoms with E-state index in [1.807, 2.05) is 6.20 Å². The lowest BCUT2D eigenvalue weighted by molar-refractivity contribution is 0.291. The predicted octanol–water partition coefficient (Wildman–Crippen LogP) is 2.72. The van der Waals surface area contributed by atoms with E-state index in [1.165, 1.54) is 19.3 Å². The number of nitrogens with zero attached hydrogens (tertiary/aromatic N) is 4. The van der Waals surface area contributed by atoms with Crippen LogP contribution in [0.5, 0.6) is 0 Å². The number of halogens is 1. The SMILES string of the molecule is CCC12CCCCN1c1nc(Cl)ncc1N(C)C2. The van der Waals surface area contributed by atoms with Crippen LogP contribution in [0.25, 0.3) is 0 Å². The van der Waals surface area contributed by atoms with E-state index >= 15 is 0 Å². The first-order valence-corrected chi connectivity index (χ1v) is 7.05. The van der Waals surface area contributed by atoms with E-state index < -0.39 is 0 Å². The lowest BCUT2D eigenvalue weighted by atomic mass is 9.82. The average molecular weight is 267 g/mol. The molecule has 0 aliphatic carbocycles. The van der Waals surface area contributed by atoms with Crippen molar-refractivity contribution in [3.63, 3.8) is 0 Å². The molecule has 3 heterocycles. The first kappa shape index (κ1) is 12.0. The Morgan fingerprint density at radius 1 is 1.44 bits per heavy atom. The molecule has 1 atom stereocenters. The van der Waals surface area contributed by atoms with Gasteiger partial charge in [0.25, 0.3) is 0 Å². The number of hydrogen-bond donors (Lipinski definition) is 0. The van der Waals surface area contributed by atoms with Gasteiger partial charge in [0.1, 0.15) is 0 Å². The molecule has 98 valence electrons. The monoisotopic (exact) mass is 266 g/mol. The summed E-state index contributed by atoms with van der Waals surface area (Å²) >= 11 is 5.98. The summed E-state index contributed by atoms with van der Waals surface area (Å²) in [6.07, 6.45) is 6.80. The quantitative estimate of drug-likeness (QED) is 0.732. The van der Waals surface area contributed by atoms with Gasteiger partial charge in [-0.3, -0.25) is 0 Å². The van der Waals surface area contributed by atoms with E-state index in [0.29, 0.717) is 5.28 Å². The first-order chi connectivity index (χ1) is 8.66. The lowest BCUT2D eigenvalue weighted by Gasteiger charge is -2.53. The van der Waals surface area contributed by atoms with Gasteiger partial charge in [-0.05, 0) is 37.3 Å². The molecule has 1 saturated heterocycles. The number of rotatable bonds is 1. The van der Waals surface area contributed by atoms with Crippen LogP contribution in [0.2, 0.25) is 5.28 Å². The van der Waals surface area contributed by atoms with E-state index in [2.05, 4.69) is 33.7 Å². The molecule has 1 aromatic heterocycles. The van der Waals surface area contributed by atoms with Gasteiger partial charge in [0, 0.05) is 20.1 Å². The predicted molar refractivity (Wildman–Crippen MR) is 74.5 cm³/mol. The van der Waals surface area contributed by atoms with Crippen molar-refractivity contribution in [2.24, 2.45) is 0 Å². The van der Waals surface area contributed by atoms with Crippen molar-refractivity contribution in [3.05, 3.63) is 11.5 Å². The summed E-state index contributed by atoms with van der Waals surface area (Å²) in [7, 11) is 2.12. The van der Waals surface area contributed by atoms with Crippen LogP contribution in [0, 0.1) is 0 Å². The van der Waals surface area contributed by atoms with Crippen LogP contribution in [0.3, 0.4) is 0 Å². The number of aromatic nitrogens is 2. The van der Waals surface area contributed by atoms with Gasteiger partial charge in [-0.1, -0.05) is 6.92 Å². The second-order valence-corrected chi connectivity index (χ2v) is 5.73. The molecule has 5 heteroatoms. The van der Waals surface area contributed by atoms with Gasteiger partial charge in [-0.15, -0.1) is 0 Å². The maximum atomic E-state index is 5.98. The fourth-order valence-electron chi connectivity index (χ4n) is 3.41. The van der Waals surface area contributed by atoms with Gasteiger partial charge in [0.15, 0.2) is 5.82 Å². The van der Waals surface area contributed by atoms with Crippen LogP contribution in [0.15, 0.2) is 6.20 Å². The summed E-state index contributed by atoms with van der Waals surface area (Å²) < 4.78 is 0. The topological polar surface area (TPSA) is 32.3 Å². The third-order valence-corrected chi connectivity index (χ3v) is 4.61. The Kier molecular flexibility index (Phi) is 2.85. The molecule has 0 bridgehead atoms. The second kappa shape index (κ2) is 4.26. The molecule has 18 heavy (non-hydrogen) atoms. The molecule has 3 rings (SSSR count). The molecule has 0 radical (unpaired) electrons. The Balaban J connectivity index is 2.11. The highest BCUT2D eigenvalue weighted by molar-refractivity contribution is 6.28. The zero-order chi connectivity index (χ0) is 12.8. The minimum absolute atomic E-state index is 0.234. The molecule has 1 fully saturated rings. The Morgan fingerprint density at radius 3 is 3.06 bits per heavy atom. The van der Waals surface area contributed by atoms with Crippen LogP contribution in [0.1, 0.15) is 32.6 Å². The molecule has 0 amide bonds. The highest BCUT2D eigenvalue weighted by atomic mass is 35.5. The molecule has 0 N–H and O–H groups in total. The van der Waals surface area contributed by atoms with Crippen molar-refractivity contribution in [2.75, 3.05) is 29.9 Å². The van der Waals surface area contributed by atoms with Crippen molar-refractivity contribution < 1.29 is 0 Å². The molecular weight excluding hydrogens is 248 g/mol. The van der Waals surface area contributed by atoms with Crippen LogP contribution >= 0.6 is 11.6 Å². The maximum Gasteiger partial charge on any atom is 0.224 e. The summed E-state index contributed by atoms with van der Waals surface area (Å²) in [5, 5.41) is 0.347. The Labute approximate surface area is 113 Å². The molecule has 0 saturated carbocycles. The van der Waals surface area contributed by atoms with E-state index in [9.17, 15) is 0 Å². The zero-order valence-electron chi connectivity index (χ0n) is 11.0. The van der Waals surface area contributed by atoms with Gasteiger partial charge < -0.3 is 9.80 Å². The van der Waals surface area contributed by atoms with Crippen molar-refractivity contribution in [1.82, 2.24) is 9.97 Å². The van der Waals surface area contributed by atoms with Crippen LogP contribution in [-0.4, -0.2) is 35.6 Å². The van der Waals surface area contributed by atoms with Gasteiger partial charge >= 0.3 is 0 Å². The molecular formula is C13H19ClN4. The molecule has 0 spiro atoms. The molecule has 0 aromatic carbocycles. The highest BCUT2D eigenvalue weighted by Crippen LogP contribution is 2.43. The maximum absolute atomic E-state index is 5.98. The fourth-order valence-corrected chi connectivity index (χ4v) is 3.54. The van der Waals surface area contributed by atoms with Crippen molar-refractivity contribution in [1.29, 1.82) is 0 Å². The van der Waals surface area contributed by atoms with E-state index in [-0.39, 0.29) is 5.54 Å². The van der Waals surface area contributed by atoms with E-state index in [0.717, 1.165) is 31.0 Å². The third kappa shape index (κ3) is 1.66. The summed E-state index contributed by atoms with van der Waals surface area (Å²) in [6.45, 7) is 4.42. The summed E-state index contributed by atoms with van der Waals surface area (Å²) in [6, 6.07) is 0. The average Bonchev–Trinajstić information content (AvgIpc) is 2.38. The molecule has 2 aliphatic heterocycles. The second-order valence-electron chi connectivity index (χ2n) is 5.39. The summed E-state index contributed by atoms with van der Waals surface area (Å²) in [4.78, 5) is 13.3. The van der Waals surface area contributed by atoms with Crippen LogP contribution in [0.4, 0.5) is 11.5 Å². The van der Waals surface area contributed by atoms with Gasteiger partial charge in [0.05, 0.1) is 17.4 Å². The lowest BCUT2D eigenvalue weighted by Crippen LogP contribution is -2.61.